The van der Waals surface area contributed by atoms with Crippen molar-refractivity contribution in [2.75, 3.05) is 0 Å². The zero-order chi connectivity index (χ0) is 14.8. The number of alkyl halides is 1. The average molecular weight is 299 g/mol. The number of aromatic nitrogens is 2. The van der Waals surface area contributed by atoms with Crippen LogP contribution in [0.25, 0.3) is 10.9 Å². The van der Waals surface area contributed by atoms with Crippen molar-refractivity contribution in [2.45, 2.75) is 19.7 Å². The van der Waals surface area contributed by atoms with Gasteiger partial charge in [-0.1, -0.05) is 18.2 Å². The molecule has 0 unspecified atom stereocenters. The van der Waals surface area contributed by atoms with Gasteiger partial charge in [0, 0.05) is 28.7 Å². The quantitative estimate of drug-likeness (QED) is 0.653. The van der Waals surface area contributed by atoms with E-state index in [1.807, 2.05) is 50.2 Å². The number of nitrogens with zero attached hydrogens (tertiary/aromatic N) is 2. The van der Waals surface area contributed by atoms with Crippen LogP contribution in [0.3, 0.4) is 0 Å². The summed E-state index contributed by atoms with van der Waals surface area (Å²) in [6.45, 7) is 3.93. The van der Waals surface area contributed by atoms with E-state index >= 15 is 0 Å². The minimum absolute atomic E-state index is 0.448. The van der Waals surface area contributed by atoms with E-state index in [4.69, 9.17) is 16.3 Å². The molecule has 2 heterocycles. The largest absolute Gasteiger partial charge is 0.436 e. The maximum absolute atomic E-state index is 5.96. The summed E-state index contributed by atoms with van der Waals surface area (Å²) in [5.41, 5.74) is 3.74. The highest BCUT2D eigenvalue weighted by Gasteiger charge is 2.08. The average Bonchev–Trinajstić information content (AvgIpc) is 2.49. The van der Waals surface area contributed by atoms with Crippen LogP contribution in [-0.4, -0.2) is 9.97 Å². The molecular weight excluding hydrogens is 284 g/mol. The standard InChI is InChI=1S/C17H15ClN2O/c1-11-8-13(9-18)10-19-17(11)21-15-5-3-4-14-7-6-12(2)20-16(14)15/h3-8,10H,9H2,1-2H3. The topological polar surface area (TPSA) is 35.0 Å². The molecular formula is C17H15ClN2O. The summed E-state index contributed by atoms with van der Waals surface area (Å²) in [4.78, 5) is 8.90. The van der Waals surface area contributed by atoms with E-state index in [0.29, 0.717) is 17.5 Å². The first-order valence-corrected chi connectivity index (χ1v) is 7.26. The Bertz CT molecular complexity index is 802. The van der Waals surface area contributed by atoms with Crippen LogP contribution in [0.1, 0.15) is 16.8 Å². The van der Waals surface area contributed by atoms with Gasteiger partial charge < -0.3 is 4.74 Å². The van der Waals surface area contributed by atoms with Crippen LogP contribution < -0.4 is 4.74 Å². The summed E-state index contributed by atoms with van der Waals surface area (Å²) in [6, 6.07) is 11.9. The molecule has 0 saturated heterocycles. The predicted molar refractivity (Wildman–Crippen MR) is 85.1 cm³/mol. The fraction of sp³-hybridized carbons (Fsp3) is 0.176. The van der Waals surface area contributed by atoms with Gasteiger partial charge in [0.15, 0.2) is 5.75 Å². The number of hydrogen-bond donors (Lipinski definition) is 0. The Morgan fingerprint density at radius 1 is 1.14 bits per heavy atom. The van der Waals surface area contributed by atoms with E-state index in [0.717, 1.165) is 27.7 Å². The van der Waals surface area contributed by atoms with E-state index in [1.165, 1.54) is 0 Å². The van der Waals surface area contributed by atoms with Gasteiger partial charge in [0.05, 0.1) is 0 Å². The van der Waals surface area contributed by atoms with Gasteiger partial charge >= 0.3 is 0 Å². The molecule has 0 N–H and O–H groups in total. The molecule has 3 nitrogen and oxygen atoms in total. The molecule has 0 radical (unpaired) electrons. The Morgan fingerprint density at radius 2 is 2.00 bits per heavy atom. The van der Waals surface area contributed by atoms with Crippen LogP contribution in [0.2, 0.25) is 0 Å². The van der Waals surface area contributed by atoms with Gasteiger partial charge in [0.2, 0.25) is 5.88 Å². The van der Waals surface area contributed by atoms with Crippen LogP contribution in [0.4, 0.5) is 0 Å². The molecule has 21 heavy (non-hydrogen) atoms. The zero-order valence-corrected chi connectivity index (χ0v) is 12.7. The van der Waals surface area contributed by atoms with E-state index < -0.39 is 0 Å². The van der Waals surface area contributed by atoms with Crippen LogP contribution in [-0.2, 0) is 5.88 Å². The smallest absolute Gasteiger partial charge is 0.222 e. The highest BCUT2D eigenvalue weighted by molar-refractivity contribution is 6.17. The fourth-order valence-electron chi connectivity index (χ4n) is 2.20. The minimum Gasteiger partial charge on any atom is -0.436 e. The van der Waals surface area contributed by atoms with Crippen molar-refractivity contribution in [3.05, 3.63) is 59.4 Å². The van der Waals surface area contributed by atoms with Crippen molar-refractivity contribution in [1.29, 1.82) is 0 Å². The zero-order valence-electron chi connectivity index (χ0n) is 11.9. The maximum Gasteiger partial charge on any atom is 0.222 e. The minimum atomic E-state index is 0.448. The van der Waals surface area contributed by atoms with Crippen LogP contribution >= 0.6 is 11.6 Å². The monoisotopic (exact) mass is 298 g/mol. The Labute approximate surface area is 128 Å². The van der Waals surface area contributed by atoms with Crippen molar-refractivity contribution in [3.63, 3.8) is 0 Å². The highest BCUT2D eigenvalue weighted by Crippen LogP contribution is 2.29. The van der Waals surface area contributed by atoms with Gasteiger partial charge in [-0.2, -0.15) is 0 Å². The third-order valence-electron chi connectivity index (χ3n) is 3.27. The number of aryl methyl sites for hydroxylation is 2. The molecule has 3 aromatic rings. The summed E-state index contributed by atoms with van der Waals surface area (Å²) >= 11 is 5.82. The third kappa shape index (κ3) is 2.83. The second-order valence-electron chi connectivity index (χ2n) is 4.98. The number of hydrogen-bond acceptors (Lipinski definition) is 3. The van der Waals surface area contributed by atoms with Gasteiger partial charge in [-0.3, -0.25) is 0 Å². The van der Waals surface area contributed by atoms with E-state index in [-0.39, 0.29) is 0 Å². The molecule has 0 aliphatic carbocycles. The molecule has 2 aromatic heterocycles. The lowest BCUT2D eigenvalue weighted by atomic mass is 10.2. The molecule has 0 atom stereocenters. The molecule has 0 amide bonds. The van der Waals surface area contributed by atoms with Crippen LogP contribution in [0.15, 0.2) is 42.6 Å². The Kier molecular flexibility index (Phi) is 3.76. The molecule has 0 spiro atoms. The number of rotatable bonds is 3. The summed E-state index contributed by atoms with van der Waals surface area (Å²) in [6.07, 6.45) is 1.74. The number of pyridine rings is 2. The van der Waals surface area contributed by atoms with Gasteiger partial charge in [0.25, 0.3) is 0 Å². The molecule has 0 saturated carbocycles. The third-order valence-corrected chi connectivity index (χ3v) is 3.58. The molecule has 0 bridgehead atoms. The molecule has 0 aliphatic rings. The lowest BCUT2D eigenvalue weighted by Gasteiger charge is -2.10. The van der Waals surface area contributed by atoms with Crippen LogP contribution in [0.5, 0.6) is 11.6 Å². The second kappa shape index (κ2) is 5.70. The van der Waals surface area contributed by atoms with Gasteiger partial charge in [-0.25, -0.2) is 9.97 Å². The fourth-order valence-corrected chi connectivity index (χ4v) is 2.35. The number of ether oxygens (including phenoxy) is 1. The highest BCUT2D eigenvalue weighted by atomic mass is 35.5. The Morgan fingerprint density at radius 3 is 2.76 bits per heavy atom. The van der Waals surface area contributed by atoms with E-state index in [1.54, 1.807) is 6.20 Å². The molecule has 0 fully saturated rings. The molecule has 1 aromatic carbocycles. The van der Waals surface area contributed by atoms with Crippen molar-refractivity contribution in [1.82, 2.24) is 9.97 Å². The van der Waals surface area contributed by atoms with Crippen LogP contribution in [0, 0.1) is 13.8 Å². The summed E-state index contributed by atoms with van der Waals surface area (Å²) in [7, 11) is 0. The van der Waals surface area contributed by atoms with Gasteiger partial charge in [-0.15, -0.1) is 11.6 Å². The molecule has 4 heteroatoms. The predicted octanol–water partition coefficient (Wildman–Crippen LogP) is 4.78. The lowest BCUT2D eigenvalue weighted by molar-refractivity contribution is 0.462. The number of halogens is 1. The van der Waals surface area contributed by atoms with Crippen molar-refractivity contribution in [2.24, 2.45) is 0 Å². The second-order valence-corrected chi connectivity index (χ2v) is 5.25. The van der Waals surface area contributed by atoms with Crippen molar-refractivity contribution < 1.29 is 4.74 Å². The van der Waals surface area contributed by atoms with E-state index in [2.05, 4.69) is 9.97 Å². The first kappa shape index (κ1) is 13.8. The Hall–Kier alpha value is -2.13. The lowest BCUT2D eigenvalue weighted by Crippen LogP contribution is -1.95. The molecule has 3 rings (SSSR count). The first-order valence-electron chi connectivity index (χ1n) is 6.73. The van der Waals surface area contributed by atoms with Gasteiger partial charge in [0.1, 0.15) is 5.52 Å². The Balaban J connectivity index is 2.04. The summed E-state index contributed by atoms with van der Waals surface area (Å²) < 4.78 is 5.96. The number of fused-ring (bicyclic) bond motifs is 1. The van der Waals surface area contributed by atoms with Crippen molar-refractivity contribution >= 4 is 22.5 Å². The number of para-hydroxylation sites is 1. The van der Waals surface area contributed by atoms with Gasteiger partial charge in [-0.05, 0) is 37.6 Å². The molecule has 0 aliphatic heterocycles. The van der Waals surface area contributed by atoms with Crippen molar-refractivity contribution in [3.8, 4) is 11.6 Å². The summed E-state index contributed by atoms with van der Waals surface area (Å²) in [5, 5.41) is 1.05. The number of benzene rings is 1. The first-order chi connectivity index (χ1) is 10.2. The normalized spacial score (nSPS) is 10.8. The maximum atomic E-state index is 5.96. The SMILES string of the molecule is Cc1ccc2cccc(Oc3ncc(CCl)cc3C)c2n1. The van der Waals surface area contributed by atoms with E-state index in [9.17, 15) is 0 Å². The summed E-state index contributed by atoms with van der Waals surface area (Å²) in [5.74, 6) is 1.74. The molecule has 106 valence electrons.